The molecule has 0 aliphatic carbocycles. The monoisotopic (exact) mass is 336 g/mol. The lowest BCUT2D eigenvalue weighted by atomic mass is 10.0. The Hall–Kier alpha value is -2.41. The first-order chi connectivity index (χ1) is 10.7. The Balaban J connectivity index is 2.32. The maximum atomic E-state index is 13.3. The number of aromatic carboxylic acids is 1. The molecule has 1 N–H and O–H groups in total. The molecule has 2 rings (SSSR count). The highest BCUT2D eigenvalue weighted by atomic mass is 32.2. The quantitative estimate of drug-likeness (QED) is 0.906. The number of rotatable bonds is 5. The van der Waals surface area contributed by atoms with Gasteiger partial charge in [0, 0.05) is 11.3 Å². The molecule has 0 aliphatic rings. The van der Waals surface area contributed by atoms with Crippen molar-refractivity contribution in [2.45, 2.75) is 24.7 Å². The van der Waals surface area contributed by atoms with E-state index in [9.17, 15) is 22.7 Å². The van der Waals surface area contributed by atoms with E-state index in [0.717, 1.165) is 23.8 Å². The van der Waals surface area contributed by atoms with Crippen molar-refractivity contribution in [3.63, 3.8) is 0 Å². The number of hydrogen-bond acceptors (Lipinski definition) is 4. The highest BCUT2D eigenvalue weighted by molar-refractivity contribution is 7.92. The highest BCUT2D eigenvalue weighted by Gasteiger charge is 2.17. The maximum Gasteiger partial charge on any atom is 0.261 e. The van der Waals surface area contributed by atoms with Gasteiger partial charge in [-0.05, 0) is 41.8 Å². The Bertz CT molecular complexity index is 830. The molecule has 5 nitrogen and oxygen atoms in total. The molecule has 2 aromatic carbocycles. The number of carbonyl (C=O) groups excluding carboxylic acids is 1. The number of carbonyl (C=O) groups is 1. The minimum Gasteiger partial charge on any atom is -0.545 e. The molecule has 0 saturated carbocycles. The van der Waals surface area contributed by atoms with Crippen LogP contribution < -0.4 is 9.83 Å². The smallest absolute Gasteiger partial charge is 0.261 e. The van der Waals surface area contributed by atoms with Gasteiger partial charge in [-0.1, -0.05) is 26.0 Å². The summed E-state index contributed by atoms with van der Waals surface area (Å²) >= 11 is 0. The molecule has 0 spiro atoms. The molecule has 7 heteroatoms. The van der Waals surface area contributed by atoms with Crippen molar-refractivity contribution in [3.05, 3.63) is 59.4 Å². The second-order valence-corrected chi connectivity index (χ2v) is 6.99. The van der Waals surface area contributed by atoms with Gasteiger partial charge in [-0.2, -0.15) is 0 Å². The van der Waals surface area contributed by atoms with Crippen LogP contribution >= 0.6 is 0 Å². The molecule has 2 aromatic rings. The van der Waals surface area contributed by atoms with Crippen LogP contribution in [0, 0.1) is 5.82 Å². The number of nitrogens with one attached hydrogen (secondary N) is 1. The second kappa shape index (κ2) is 6.37. The first kappa shape index (κ1) is 17.0. The number of benzene rings is 2. The Morgan fingerprint density at radius 1 is 1.13 bits per heavy atom. The lowest BCUT2D eigenvalue weighted by molar-refractivity contribution is -0.255. The predicted molar refractivity (Wildman–Crippen MR) is 82.1 cm³/mol. The Labute approximate surface area is 133 Å². The van der Waals surface area contributed by atoms with Crippen LogP contribution in [0.25, 0.3) is 0 Å². The van der Waals surface area contributed by atoms with Gasteiger partial charge in [0.1, 0.15) is 5.82 Å². The van der Waals surface area contributed by atoms with Crippen LogP contribution in [0.2, 0.25) is 0 Å². The minimum atomic E-state index is -4.03. The number of hydrogen-bond donors (Lipinski definition) is 1. The molecule has 0 fully saturated rings. The lowest BCUT2D eigenvalue weighted by Crippen LogP contribution is -2.24. The van der Waals surface area contributed by atoms with Crippen LogP contribution in [0.5, 0.6) is 0 Å². The molecule has 0 radical (unpaired) electrons. The molecule has 0 aliphatic heterocycles. The number of carboxylic acids is 1. The maximum absolute atomic E-state index is 13.3. The van der Waals surface area contributed by atoms with Gasteiger partial charge in [0.2, 0.25) is 0 Å². The molecule has 0 atom stereocenters. The summed E-state index contributed by atoms with van der Waals surface area (Å²) in [6.45, 7) is 4.03. The molecule has 23 heavy (non-hydrogen) atoms. The van der Waals surface area contributed by atoms with Gasteiger partial charge in [0.05, 0.1) is 10.9 Å². The SMILES string of the molecule is CC(C)c1ccc(NS(=O)(=O)c2ccc(F)c(C(=O)[O-])c2)cc1. The fraction of sp³-hybridized carbons (Fsp3) is 0.188. The number of anilines is 1. The van der Waals surface area contributed by atoms with Crippen molar-refractivity contribution in [1.29, 1.82) is 0 Å². The number of carboxylic acid groups (broad SMARTS) is 1. The average molecular weight is 336 g/mol. The van der Waals surface area contributed by atoms with E-state index in [1.807, 2.05) is 13.8 Å². The first-order valence-corrected chi connectivity index (χ1v) is 8.32. The summed E-state index contributed by atoms with van der Waals surface area (Å²) in [6.07, 6.45) is 0. The summed E-state index contributed by atoms with van der Waals surface area (Å²) in [7, 11) is -4.03. The third kappa shape index (κ3) is 3.87. The second-order valence-electron chi connectivity index (χ2n) is 5.31. The van der Waals surface area contributed by atoms with Gasteiger partial charge in [0.25, 0.3) is 10.0 Å². The van der Waals surface area contributed by atoms with E-state index in [-0.39, 0.29) is 4.90 Å². The normalized spacial score (nSPS) is 11.5. The van der Waals surface area contributed by atoms with Crippen molar-refractivity contribution in [2.24, 2.45) is 0 Å². The summed E-state index contributed by atoms with van der Waals surface area (Å²) in [5.41, 5.74) is 0.575. The van der Waals surface area contributed by atoms with Gasteiger partial charge < -0.3 is 9.90 Å². The number of halogens is 1. The first-order valence-electron chi connectivity index (χ1n) is 6.84. The topological polar surface area (TPSA) is 86.3 Å². The average Bonchev–Trinajstić information content (AvgIpc) is 2.47. The van der Waals surface area contributed by atoms with E-state index in [2.05, 4.69) is 4.72 Å². The van der Waals surface area contributed by atoms with Crippen LogP contribution in [0.1, 0.15) is 35.7 Å². The summed E-state index contributed by atoms with van der Waals surface area (Å²) < 4.78 is 40.2. The van der Waals surface area contributed by atoms with E-state index >= 15 is 0 Å². The molecule has 0 unspecified atom stereocenters. The predicted octanol–water partition coefficient (Wildman–Crippen LogP) is 2.11. The van der Waals surface area contributed by atoms with Crippen molar-refractivity contribution in [2.75, 3.05) is 4.72 Å². The zero-order chi connectivity index (χ0) is 17.2. The summed E-state index contributed by atoms with van der Waals surface area (Å²) in [5, 5.41) is 10.8. The van der Waals surface area contributed by atoms with Gasteiger partial charge in [-0.25, -0.2) is 12.8 Å². The molecular formula is C16H15FNO4S-. The lowest BCUT2D eigenvalue weighted by Gasteiger charge is -2.12. The summed E-state index contributed by atoms with van der Waals surface area (Å²) in [6, 6.07) is 9.30. The molecule has 0 saturated heterocycles. The zero-order valence-electron chi connectivity index (χ0n) is 12.5. The molecular weight excluding hydrogens is 321 g/mol. The van der Waals surface area contributed by atoms with Crippen molar-refractivity contribution in [1.82, 2.24) is 0 Å². The Kier molecular flexibility index (Phi) is 4.70. The van der Waals surface area contributed by atoms with E-state index in [4.69, 9.17) is 0 Å². The third-order valence-corrected chi connectivity index (χ3v) is 4.68. The van der Waals surface area contributed by atoms with Gasteiger partial charge in [0.15, 0.2) is 0 Å². The molecule has 0 bridgehead atoms. The largest absolute Gasteiger partial charge is 0.545 e. The minimum absolute atomic E-state index is 0.309. The Morgan fingerprint density at radius 2 is 1.74 bits per heavy atom. The van der Waals surface area contributed by atoms with E-state index < -0.39 is 27.4 Å². The molecule has 0 heterocycles. The van der Waals surface area contributed by atoms with Gasteiger partial charge in [-0.15, -0.1) is 0 Å². The zero-order valence-corrected chi connectivity index (χ0v) is 13.4. The van der Waals surface area contributed by atoms with E-state index in [1.165, 1.54) is 0 Å². The van der Waals surface area contributed by atoms with Crippen molar-refractivity contribution < 1.29 is 22.7 Å². The van der Waals surface area contributed by atoms with E-state index in [0.29, 0.717) is 11.6 Å². The molecule has 0 amide bonds. The summed E-state index contributed by atoms with van der Waals surface area (Å²) in [4.78, 5) is 10.4. The standard InChI is InChI=1S/C16H16FNO4S/c1-10(2)11-3-5-12(6-4-11)18-23(21,22)13-7-8-15(17)14(9-13)16(19)20/h3-10,18H,1-2H3,(H,19,20)/p-1. The number of sulfonamides is 1. The fourth-order valence-electron chi connectivity index (χ4n) is 1.98. The van der Waals surface area contributed by atoms with Crippen LogP contribution in [0.15, 0.2) is 47.4 Å². The third-order valence-electron chi connectivity index (χ3n) is 3.30. The highest BCUT2D eigenvalue weighted by Crippen LogP contribution is 2.21. The van der Waals surface area contributed by atoms with Gasteiger partial charge in [-0.3, -0.25) is 4.72 Å². The summed E-state index contributed by atoms with van der Waals surface area (Å²) in [5.74, 6) is -2.52. The Morgan fingerprint density at radius 3 is 2.26 bits per heavy atom. The van der Waals surface area contributed by atoms with Crippen molar-refractivity contribution in [3.8, 4) is 0 Å². The van der Waals surface area contributed by atoms with Gasteiger partial charge >= 0.3 is 0 Å². The fourth-order valence-corrected chi connectivity index (χ4v) is 3.06. The van der Waals surface area contributed by atoms with Crippen LogP contribution in [0.4, 0.5) is 10.1 Å². The van der Waals surface area contributed by atoms with Crippen LogP contribution in [-0.4, -0.2) is 14.4 Å². The van der Waals surface area contributed by atoms with E-state index in [1.54, 1.807) is 24.3 Å². The van der Waals surface area contributed by atoms with Crippen LogP contribution in [-0.2, 0) is 10.0 Å². The van der Waals surface area contributed by atoms with Crippen LogP contribution in [0.3, 0.4) is 0 Å². The molecule has 0 aromatic heterocycles. The van der Waals surface area contributed by atoms with Crippen molar-refractivity contribution >= 4 is 21.7 Å². The molecule has 122 valence electrons.